The van der Waals surface area contributed by atoms with Crippen LogP contribution < -0.4 is 10.6 Å². The number of nitrogens with zero attached hydrogens (tertiary/aromatic N) is 3. The molecule has 0 aromatic heterocycles. The molecule has 0 atom stereocenters. The van der Waals surface area contributed by atoms with Crippen LogP contribution >= 0.6 is 0 Å². The van der Waals surface area contributed by atoms with Crippen LogP contribution in [0.2, 0.25) is 0 Å². The molecule has 36 heavy (non-hydrogen) atoms. The Morgan fingerprint density at radius 3 is 2.31 bits per heavy atom. The van der Waals surface area contributed by atoms with Crippen molar-refractivity contribution in [1.82, 2.24) is 15.1 Å². The van der Waals surface area contributed by atoms with E-state index in [0.29, 0.717) is 55.2 Å². The average molecular weight is 494 g/mol. The Kier molecular flexibility index (Phi) is 8.10. The first-order valence-electron chi connectivity index (χ1n) is 12.3. The lowest BCUT2D eigenvalue weighted by molar-refractivity contribution is 0.0626. The first-order chi connectivity index (χ1) is 17.3. The lowest BCUT2D eigenvalue weighted by Gasteiger charge is -2.35. The van der Waals surface area contributed by atoms with E-state index in [1.54, 1.807) is 55.1 Å². The van der Waals surface area contributed by atoms with Crippen LogP contribution in [0.5, 0.6) is 0 Å². The molecule has 4 rings (SSSR count). The van der Waals surface area contributed by atoms with Crippen molar-refractivity contribution in [2.45, 2.75) is 45.7 Å². The molecule has 1 saturated carbocycles. The summed E-state index contributed by atoms with van der Waals surface area (Å²) in [7, 11) is 0. The van der Waals surface area contributed by atoms with Crippen molar-refractivity contribution < 1.29 is 18.8 Å². The standard InChI is InChI=1S/C27H32FN5O3/c1-18(2)29-25(34)23-8-3-5-20(24(23)28)17-32-13-15-33(16-14-32)26(35)19-9-11-22(12-10-19)31-27(36)30-21-6-4-7-21/h3,5,8-12,21H,4,6-7,13-17H2,1-2H3,(H2,30,31,36). The zero-order valence-electron chi connectivity index (χ0n) is 20.7. The predicted molar refractivity (Wildman–Crippen MR) is 137 cm³/mol. The van der Waals surface area contributed by atoms with E-state index in [2.05, 4.69) is 20.5 Å². The molecule has 1 saturated heterocycles. The highest BCUT2D eigenvalue weighted by Crippen LogP contribution is 2.20. The number of rotatable bonds is 6. The van der Waals surface area contributed by atoms with E-state index in [9.17, 15) is 18.8 Å². The smallest absolute Gasteiger partial charge is 0.319 e. The second-order valence-electron chi connectivity index (χ2n) is 9.51. The number of urea groups is 1. The number of aliphatic imine (C=N–C) groups is 1. The number of nitrogens with one attached hydrogen (secondary N) is 2. The van der Waals surface area contributed by atoms with Crippen LogP contribution in [-0.2, 0) is 6.54 Å². The van der Waals surface area contributed by atoms with Crippen LogP contribution in [0, 0.1) is 5.82 Å². The number of hydrogen-bond acceptors (Lipinski definition) is 4. The molecule has 1 aliphatic carbocycles. The number of hydrogen-bond donors (Lipinski definition) is 2. The van der Waals surface area contributed by atoms with Gasteiger partial charge in [-0.2, -0.15) is 0 Å². The zero-order valence-corrected chi connectivity index (χ0v) is 20.7. The largest absolute Gasteiger partial charge is 0.336 e. The highest BCUT2D eigenvalue weighted by Gasteiger charge is 2.24. The molecule has 2 N–H and O–H groups in total. The fraction of sp³-hybridized carbons (Fsp3) is 0.407. The van der Waals surface area contributed by atoms with Gasteiger partial charge in [-0.1, -0.05) is 12.1 Å². The van der Waals surface area contributed by atoms with Gasteiger partial charge in [0.1, 0.15) is 5.82 Å². The van der Waals surface area contributed by atoms with Gasteiger partial charge in [0, 0.05) is 61.3 Å². The highest BCUT2D eigenvalue weighted by molar-refractivity contribution is 6.02. The number of carbonyl (C=O) groups is 3. The van der Waals surface area contributed by atoms with E-state index in [1.165, 1.54) is 6.07 Å². The SMILES string of the molecule is CC(C)=NC(=O)c1cccc(CN2CCN(C(=O)c3ccc(NC(=O)NC4CCC4)cc3)CC2)c1F. The van der Waals surface area contributed by atoms with Gasteiger partial charge in [-0.05, 0) is 63.4 Å². The average Bonchev–Trinajstić information content (AvgIpc) is 2.83. The fourth-order valence-corrected chi connectivity index (χ4v) is 4.26. The van der Waals surface area contributed by atoms with Crippen molar-refractivity contribution in [1.29, 1.82) is 0 Å². The monoisotopic (exact) mass is 493 g/mol. The maximum atomic E-state index is 14.9. The summed E-state index contributed by atoms with van der Waals surface area (Å²) in [6.07, 6.45) is 3.18. The molecule has 2 aromatic rings. The number of halogens is 1. The van der Waals surface area contributed by atoms with Gasteiger partial charge in [-0.25, -0.2) is 14.2 Å². The Bertz CT molecular complexity index is 1150. The van der Waals surface area contributed by atoms with Crippen molar-refractivity contribution in [3.05, 3.63) is 65.0 Å². The van der Waals surface area contributed by atoms with E-state index in [4.69, 9.17) is 0 Å². The first-order valence-corrected chi connectivity index (χ1v) is 12.3. The Hall–Kier alpha value is -3.59. The zero-order chi connectivity index (χ0) is 25.7. The van der Waals surface area contributed by atoms with Crippen LogP contribution in [0.4, 0.5) is 14.9 Å². The lowest BCUT2D eigenvalue weighted by atomic mass is 9.93. The predicted octanol–water partition coefficient (Wildman–Crippen LogP) is 4.08. The molecule has 4 amide bonds. The quantitative estimate of drug-likeness (QED) is 0.593. The first kappa shape index (κ1) is 25.5. The second-order valence-corrected chi connectivity index (χ2v) is 9.51. The van der Waals surface area contributed by atoms with Gasteiger partial charge in [-0.3, -0.25) is 14.5 Å². The van der Waals surface area contributed by atoms with Gasteiger partial charge in [0.25, 0.3) is 11.8 Å². The van der Waals surface area contributed by atoms with Gasteiger partial charge in [0.15, 0.2) is 0 Å². The van der Waals surface area contributed by atoms with E-state index in [1.807, 2.05) is 0 Å². The van der Waals surface area contributed by atoms with Crippen molar-refractivity contribution in [3.63, 3.8) is 0 Å². The third kappa shape index (κ3) is 6.34. The molecule has 0 unspecified atom stereocenters. The summed E-state index contributed by atoms with van der Waals surface area (Å²) >= 11 is 0. The summed E-state index contributed by atoms with van der Waals surface area (Å²) in [5.41, 5.74) is 2.18. The third-order valence-electron chi connectivity index (χ3n) is 6.52. The van der Waals surface area contributed by atoms with Gasteiger partial charge >= 0.3 is 6.03 Å². The number of benzene rings is 2. The van der Waals surface area contributed by atoms with E-state index in [0.717, 1.165) is 19.3 Å². The van der Waals surface area contributed by atoms with Crippen LogP contribution in [0.15, 0.2) is 47.5 Å². The number of anilines is 1. The van der Waals surface area contributed by atoms with Crippen LogP contribution in [0.1, 0.15) is 59.4 Å². The maximum absolute atomic E-state index is 14.9. The van der Waals surface area contributed by atoms with Gasteiger partial charge in [-0.15, -0.1) is 0 Å². The molecular weight excluding hydrogens is 461 g/mol. The molecule has 0 radical (unpaired) electrons. The Morgan fingerprint density at radius 1 is 1.00 bits per heavy atom. The highest BCUT2D eigenvalue weighted by atomic mass is 19.1. The third-order valence-corrected chi connectivity index (χ3v) is 6.52. The maximum Gasteiger partial charge on any atom is 0.319 e. The van der Waals surface area contributed by atoms with Crippen LogP contribution in [-0.4, -0.2) is 65.6 Å². The Balaban J connectivity index is 1.29. The molecule has 2 fully saturated rings. The lowest BCUT2D eigenvalue weighted by Crippen LogP contribution is -2.48. The van der Waals surface area contributed by atoms with Crippen molar-refractivity contribution in [2.24, 2.45) is 4.99 Å². The minimum Gasteiger partial charge on any atom is -0.336 e. The summed E-state index contributed by atoms with van der Waals surface area (Å²) in [5, 5.41) is 5.72. The molecule has 0 bridgehead atoms. The van der Waals surface area contributed by atoms with E-state index >= 15 is 0 Å². The number of carbonyl (C=O) groups excluding carboxylic acids is 3. The Morgan fingerprint density at radius 2 is 1.69 bits per heavy atom. The van der Waals surface area contributed by atoms with Crippen molar-refractivity contribution in [3.8, 4) is 0 Å². The molecular formula is C27H32FN5O3. The summed E-state index contributed by atoms with van der Waals surface area (Å²) in [6.45, 7) is 5.97. The van der Waals surface area contributed by atoms with Crippen molar-refractivity contribution in [2.75, 3.05) is 31.5 Å². The second kappa shape index (κ2) is 11.4. The fourth-order valence-electron chi connectivity index (χ4n) is 4.26. The molecule has 9 heteroatoms. The molecule has 1 heterocycles. The van der Waals surface area contributed by atoms with Gasteiger partial charge in [0.05, 0.1) is 5.56 Å². The molecule has 8 nitrogen and oxygen atoms in total. The van der Waals surface area contributed by atoms with Gasteiger partial charge in [0.2, 0.25) is 0 Å². The normalized spacial score (nSPS) is 16.1. The minimum absolute atomic E-state index is 0.0269. The molecule has 1 aliphatic heterocycles. The van der Waals surface area contributed by atoms with Gasteiger partial charge < -0.3 is 15.5 Å². The minimum atomic E-state index is -0.579. The summed E-state index contributed by atoms with van der Waals surface area (Å²) in [6, 6.07) is 11.7. The van der Waals surface area contributed by atoms with E-state index in [-0.39, 0.29) is 23.5 Å². The van der Waals surface area contributed by atoms with E-state index < -0.39 is 11.7 Å². The topological polar surface area (TPSA) is 94.1 Å². The summed E-state index contributed by atoms with van der Waals surface area (Å²) in [5.74, 6) is -1.20. The number of amides is 4. The molecule has 2 aliphatic rings. The summed E-state index contributed by atoms with van der Waals surface area (Å²) in [4.78, 5) is 44.8. The van der Waals surface area contributed by atoms with Crippen LogP contribution in [0.25, 0.3) is 0 Å². The van der Waals surface area contributed by atoms with Crippen LogP contribution in [0.3, 0.4) is 0 Å². The van der Waals surface area contributed by atoms with Crippen molar-refractivity contribution >= 4 is 29.2 Å². The summed E-state index contributed by atoms with van der Waals surface area (Å²) < 4.78 is 14.9. The molecule has 190 valence electrons. The molecule has 2 aromatic carbocycles. The molecule has 0 spiro atoms. The Labute approximate surface area is 210 Å². The number of piperazine rings is 1.